The number of furan rings is 1. The SMILES string of the molecule is COCc1ccc(C(=O)NCc2cc3ccc(OCc4ccc(F)cc4)cc3o2)c(N)n1. The van der Waals surface area contributed by atoms with E-state index in [9.17, 15) is 9.18 Å². The highest BCUT2D eigenvalue weighted by molar-refractivity contribution is 5.98. The van der Waals surface area contributed by atoms with Gasteiger partial charge in [0, 0.05) is 18.6 Å². The van der Waals surface area contributed by atoms with Gasteiger partial charge in [-0.25, -0.2) is 9.37 Å². The first-order chi connectivity index (χ1) is 15.5. The molecule has 0 saturated heterocycles. The molecule has 4 rings (SSSR count). The zero-order chi connectivity index (χ0) is 22.5. The molecule has 0 aliphatic heterocycles. The van der Waals surface area contributed by atoms with E-state index in [1.165, 1.54) is 12.1 Å². The van der Waals surface area contributed by atoms with Gasteiger partial charge in [-0.05, 0) is 48.0 Å². The Morgan fingerprint density at radius 2 is 1.91 bits per heavy atom. The summed E-state index contributed by atoms with van der Waals surface area (Å²) in [5, 5.41) is 3.67. The number of benzene rings is 2. The average Bonchev–Trinajstić information content (AvgIpc) is 3.20. The number of nitrogens with zero attached hydrogens (tertiary/aromatic N) is 1. The number of nitrogens with one attached hydrogen (secondary N) is 1. The van der Waals surface area contributed by atoms with Crippen LogP contribution in [0, 0.1) is 5.82 Å². The fourth-order valence-electron chi connectivity index (χ4n) is 3.19. The fourth-order valence-corrected chi connectivity index (χ4v) is 3.19. The van der Waals surface area contributed by atoms with Crippen LogP contribution in [0.5, 0.6) is 5.75 Å². The number of halogens is 1. The minimum Gasteiger partial charge on any atom is -0.489 e. The number of nitrogen functional groups attached to an aromatic ring is 1. The van der Waals surface area contributed by atoms with Crippen molar-refractivity contribution in [2.75, 3.05) is 12.8 Å². The van der Waals surface area contributed by atoms with Crippen molar-refractivity contribution in [3.8, 4) is 5.75 Å². The monoisotopic (exact) mass is 435 g/mol. The molecule has 164 valence electrons. The first-order valence-electron chi connectivity index (χ1n) is 9.94. The van der Waals surface area contributed by atoms with Crippen LogP contribution in [0.25, 0.3) is 11.0 Å². The predicted octanol–water partition coefficient (Wildman–Crippen LogP) is 4.20. The molecule has 2 heterocycles. The summed E-state index contributed by atoms with van der Waals surface area (Å²) >= 11 is 0. The molecule has 8 heteroatoms. The minimum absolute atomic E-state index is 0.143. The number of anilines is 1. The minimum atomic E-state index is -0.345. The van der Waals surface area contributed by atoms with Gasteiger partial charge in [0.05, 0.1) is 24.4 Å². The Bertz CT molecular complexity index is 1240. The number of pyridine rings is 1. The number of hydrogen-bond donors (Lipinski definition) is 2. The number of methoxy groups -OCH3 is 1. The van der Waals surface area contributed by atoms with Crippen molar-refractivity contribution >= 4 is 22.7 Å². The van der Waals surface area contributed by atoms with Gasteiger partial charge in [-0.3, -0.25) is 4.79 Å². The summed E-state index contributed by atoms with van der Waals surface area (Å²) in [6, 6.07) is 16.8. The van der Waals surface area contributed by atoms with Gasteiger partial charge in [-0.1, -0.05) is 12.1 Å². The molecule has 0 atom stereocenters. The molecular formula is C24H22FN3O4. The Morgan fingerprint density at radius 1 is 1.09 bits per heavy atom. The maximum Gasteiger partial charge on any atom is 0.255 e. The largest absolute Gasteiger partial charge is 0.489 e. The Labute approximate surface area is 184 Å². The second kappa shape index (κ2) is 9.49. The first kappa shape index (κ1) is 21.3. The van der Waals surface area contributed by atoms with Crippen molar-refractivity contribution < 1.29 is 23.1 Å². The standard InChI is InChI=1S/C24H22FN3O4/c1-30-14-18-7-9-21(23(26)28-18)24(29)27-12-20-10-16-4-8-19(11-22(16)32-20)31-13-15-2-5-17(25)6-3-15/h2-11H,12-14H2,1H3,(H2,26,28)(H,27,29). The van der Waals surface area contributed by atoms with Crippen molar-refractivity contribution in [3.05, 3.63) is 89.1 Å². The average molecular weight is 435 g/mol. The van der Waals surface area contributed by atoms with E-state index in [-0.39, 0.29) is 29.7 Å². The highest BCUT2D eigenvalue weighted by Gasteiger charge is 2.13. The lowest BCUT2D eigenvalue weighted by Crippen LogP contribution is -2.24. The Morgan fingerprint density at radius 3 is 2.66 bits per heavy atom. The molecule has 7 nitrogen and oxygen atoms in total. The van der Waals surface area contributed by atoms with Gasteiger partial charge in [0.1, 0.15) is 35.3 Å². The molecule has 0 aliphatic rings. The van der Waals surface area contributed by atoms with Crippen LogP contribution in [0.15, 0.2) is 65.1 Å². The van der Waals surface area contributed by atoms with Crippen molar-refractivity contribution in [1.82, 2.24) is 10.3 Å². The number of rotatable bonds is 8. The first-order valence-corrected chi connectivity index (χ1v) is 9.94. The molecule has 0 bridgehead atoms. The van der Waals surface area contributed by atoms with Crippen LogP contribution in [-0.2, 0) is 24.5 Å². The van der Waals surface area contributed by atoms with Gasteiger partial charge < -0.3 is 24.9 Å². The lowest BCUT2D eigenvalue weighted by molar-refractivity contribution is 0.0948. The van der Waals surface area contributed by atoms with Gasteiger partial charge in [-0.2, -0.15) is 0 Å². The van der Waals surface area contributed by atoms with Crippen molar-refractivity contribution in [3.63, 3.8) is 0 Å². The second-order valence-electron chi connectivity index (χ2n) is 7.18. The molecule has 3 N–H and O–H groups in total. The molecule has 32 heavy (non-hydrogen) atoms. The van der Waals surface area contributed by atoms with Gasteiger partial charge in [0.2, 0.25) is 0 Å². The lowest BCUT2D eigenvalue weighted by atomic mass is 10.2. The van der Waals surface area contributed by atoms with E-state index in [1.807, 2.05) is 18.2 Å². The van der Waals surface area contributed by atoms with E-state index in [4.69, 9.17) is 19.6 Å². The summed E-state index contributed by atoms with van der Waals surface area (Å²) in [7, 11) is 1.56. The highest BCUT2D eigenvalue weighted by Crippen LogP contribution is 2.25. The van der Waals surface area contributed by atoms with Crippen molar-refractivity contribution in [1.29, 1.82) is 0 Å². The maximum absolute atomic E-state index is 13.0. The molecular weight excluding hydrogens is 413 g/mol. The molecule has 0 unspecified atom stereocenters. The molecule has 2 aromatic heterocycles. The molecule has 4 aromatic rings. The number of carbonyl (C=O) groups excluding carboxylic acids is 1. The third kappa shape index (κ3) is 5.04. The van der Waals surface area contributed by atoms with Gasteiger partial charge in [-0.15, -0.1) is 0 Å². The molecule has 0 fully saturated rings. The Hall–Kier alpha value is -3.91. The van der Waals surface area contributed by atoms with Crippen LogP contribution in [-0.4, -0.2) is 18.0 Å². The van der Waals surface area contributed by atoms with Gasteiger partial charge in [0.25, 0.3) is 5.91 Å². The Kier molecular flexibility index (Phi) is 6.32. The molecule has 0 saturated carbocycles. The van der Waals surface area contributed by atoms with Gasteiger partial charge >= 0.3 is 0 Å². The number of carbonyl (C=O) groups is 1. The summed E-state index contributed by atoms with van der Waals surface area (Å²) in [6.45, 7) is 0.827. The summed E-state index contributed by atoms with van der Waals surface area (Å²) in [6.07, 6.45) is 0. The smallest absolute Gasteiger partial charge is 0.255 e. The highest BCUT2D eigenvalue weighted by atomic mass is 19.1. The van der Waals surface area contributed by atoms with E-state index >= 15 is 0 Å². The summed E-state index contributed by atoms with van der Waals surface area (Å²) in [5.41, 5.74) is 8.33. The fraction of sp³-hybridized carbons (Fsp3) is 0.167. The Balaban J connectivity index is 1.38. The predicted molar refractivity (Wildman–Crippen MR) is 117 cm³/mol. The number of amides is 1. The number of fused-ring (bicyclic) bond motifs is 1. The maximum atomic E-state index is 13.0. The third-order valence-corrected chi connectivity index (χ3v) is 4.80. The summed E-state index contributed by atoms with van der Waals surface area (Å²) in [5.74, 6) is 0.730. The van der Waals surface area contributed by atoms with Crippen LogP contribution >= 0.6 is 0 Å². The van der Waals surface area contributed by atoms with E-state index in [0.717, 1.165) is 10.9 Å². The zero-order valence-corrected chi connectivity index (χ0v) is 17.4. The van der Waals surface area contributed by atoms with Crippen LogP contribution in [0.2, 0.25) is 0 Å². The van der Waals surface area contributed by atoms with E-state index in [2.05, 4.69) is 10.3 Å². The van der Waals surface area contributed by atoms with Crippen LogP contribution in [0.4, 0.5) is 10.2 Å². The van der Waals surface area contributed by atoms with Crippen molar-refractivity contribution in [2.24, 2.45) is 0 Å². The van der Waals surface area contributed by atoms with E-state index in [0.29, 0.717) is 36.0 Å². The van der Waals surface area contributed by atoms with E-state index in [1.54, 1.807) is 37.4 Å². The topological polar surface area (TPSA) is 99.6 Å². The number of ether oxygens (including phenoxy) is 2. The quantitative estimate of drug-likeness (QED) is 0.430. The van der Waals surface area contributed by atoms with Gasteiger partial charge in [0.15, 0.2) is 0 Å². The zero-order valence-electron chi connectivity index (χ0n) is 17.4. The normalized spacial score (nSPS) is 10.9. The molecule has 2 aromatic carbocycles. The molecule has 0 radical (unpaired) electrons. The number of hydrogen-bond acceptors (Lipinski definition) is 6. The number of aromatic nitrogens is 1. The van der Waals surface area contributed by atoms with Crippen molar-refractivity contribution in [2.45, 2.75) is 19.8 Å². The lowest BCUT2D eigenvalue weighted by Gasteiger charge is -2.07. The molecule has 0 aliphatic carbocycles. The second-order valence-corrected chi connectivity index (χ2v) is 7.18. The van der Waals surface area contributed by atoms with Crippen LogP contribution in [0.3, 0.4) is 0 Å². The number of nitrogens with two attached hydrogens (primary N) is 1. The third-order valence-electron chi connectivity index (χ3n) is 4.80. The molecule has 1 amide bonds. The van der Waals surface area contributed by atoms with Crippen LogP contribution < -0.4 is 15.8 Å². The molecule has 0 spiro atoms. The van der Waals surface area contributed by atoms with Crippen LogP contribution in [0.1, 0.15) is 27.4 Å². The summed E-state index contributed by atoms with van der Waals surface area (Å²) in [4.78, 5) is 16.6. The summed E-state index contributed by atoms with van der Waals surface area (Å²) < 4.78 is 29.6. The van der Waals surface area contributed by atoms with E-state index < -0.39 is 0 Å².